The SMILES string of the molecule is CCCCCCCCCC(CCC(=O)N[C@@H](CCCCNC(=O)CCCCCCCCCCCCCCC(=O)OC)C(=O)OCc1ccccc1)CCC(=O)OC. The second-order valence-electron chi connectivity index (χ2n) is 15.8. The summed E-state index contributed by atoms with van der Waals surface area (Å²) in [5.74, 6) is -0.683. The Hall–Kier alpha value is -3.43. The maximum atomic E-state index is 13.2. The highest BCUT2D eigenvalue weighted by Crippen LogP contribution is 2.22. The Balaban J connectivity index is 2.38. The highest BCUT2D eigenvalue weighted by atomic mass is 16.5. The molecular formula is C47H80N2O8. The molecule has 0 spiro atoms. The number of hydrogen-bond acceptors (Lipinski definition) is 8. The number of carbonyl (C=O) groups is 5. The highest BCUT2D eigenvalue weighted by Gasteiger charge is 2.23. The predicted octanol–water partition coefficient (Wildman–Crippen LogP) is 10.6. The lowest BCUT2D eigenvalue weighted by atomic mass is 9.91. The summed E-state index contributed by atoms with van der Waals surface area (Å²) in [7, 11) is 2.84. The second kappa shape index (κ2) is 36.9. The van der Waals surface area contributed by atoms with Crippen LogP contribution >= 0.6 is 0 Å². The Morgan fingerprint density at radius 3 is 1.63 bits per heavy atom. The van der Waals surface area contributed by atoms with Crippen LogP contribution < -0.4 is 10.6 Å². The first-order chi connectivity index (χ1) is 27.8. The molecule has 326 valence electrons. The van der Waals surface area contributed by atoms with Gasteiger partial charge in [0, 0.05) is 32.2 Å². The summed E-state index contributed by atoms with van der Waals surface area (Å²) in [5, 5.41) is 5.96. The average Bonchev–Trinajstić information content (AvgIpc) is 3.22. The van der Waals surface area contributed by atoms with E-state index in [1.54, 1.807) is 0 Å². The van der Waals surface area contributed by atoms with Crippen molar-refractivity contribution in [2.24, 2.45) is 5.92 Å². The number of carbonyl (C=O) groups excluding carboxylic acids is 5. The molecule has 2 N–H and O–H groups in total. The first-order valence-electron chi connectivity index (χ1n) is 22.7. The molecule has 1 unspecified atom stereocenters. The van der Waals surface area contributed by atoms with Crippen molar-refractivity contribution in [2.45, 2.75) is 206 Å². The van der Waals surface area contributed by atoms with Gasteiger partial charge in [0.05, 0.1) is 14.2 Å². The molecular weight excluding hydrogens is 721 g/mol. The van der Waals surface area contributed by atoms with Crippen molar-refractivity contribution in [1.82, 2.24) is 10.6 Å². The van der Waals surface area contributed by atoms with E-state index >= 15 is 0 Å². The molecule has 0 aliphatic carbocycles. The van der Waals surface area contributed by atoms with Crippen molar-refractivity contribution in [3.63, 3.8) is 0 Å². The lowest BCUT2D eigenvalue weighted by molar-refractivity contribution is -0.149. The molecule has 0 saturated carbocycles. The van der Waals surface area contributed by atoms with Crippen LogP contribution in [-0.2, 0) is 44.8 Å². The van der Waals surface area contributed by atoms with Crippen LogP contribution in [0.5, 0.6) is 0 Å². The largest absolute Gasteiger partial charge is 0.469 e. The van der Waals surface area contributed by atoms with Gasteiger partial charge in [0.25, 0.3) is 0 Å². The summed E-state index contributed by atoms with van der Waals surface area (Å²) in [4.78, 5) is 61.8. The highest BCUT2D eigenvalue weighted by molar-refractivity contribution is 5.84. The summed E-state index contributed by atoms with van der Waals surface area (Å²) in [6.07, 6.45) is 28.0. The van der Waals surface area contributed by atoms with Crippen molar-refractivity contribution in [2.75, 3.05) is 20.8 Å². The lowest BCUT2D eigenvalue weighted by Gasteiger charge is -2.20. The molecule has 1 rings (SSSR count). The average molecular weight is 801 g/mol. The molecule has 0 radical (unpaired) electrons. The van der Waals surface area contributed by atoms with Crippen molar-refractivity contribution in [3.8, 4) is 0 Å². The van der Waals surface area contributed by atoms with E-state index in [0.29, 0.717) is 57.9 Å². The molecule has 0 aromatic heterocycles. The lowest BCUT2D eigenvalue weighted by Crippen LogP contribution is -2.42. The minimum atomic E-state index is -0.766. The predicted molar refractivity (Wildman–Crippen MR) is 228 cm³/mol. The van der Waals surface area contributed by atoms with Crippen LogP contribution in [0, 0.1) is 5.92 Å². The minimum Gasteiger partial charge on any atom is -0.469 e. The molecule has 2 atom stereocenters. The molecule has 1 aromatic rings. The van der Waals surface area contributed by atoms with E-state index in [-0.39, 0.29) is 42.7 Å². The van der Waals surface area contributed by atoms with Crippen LogP contribution in [-0.4, -0.2) is 56.5 Å². The third-order valence-corrected chi connectivity index (χ3v) is 10.8. The van der Waals surface area contributed by atoms with Crippen LogP contribution in [0.4, 0.5) is 0 Å². The van der Waals surface area contributed by atoms with Gasteiger partial charge in [-0.2, -0.15) is 0 Å². The van der Waals surface area contributed by atoms with Gasteiger partial charge in [0.1, 0.15) is 12.6 Å². The van der Waals surface area contributed by atoms with Crippen molar-refractivity contribution >= 4 is 29.7 Å². The fourth-order valence-corrected chi connectivity index (χ4v) is 7.14. The number of amides is 2. The van der Waals surface area contributed by atoms with E-state index < -0.39 is 12.0 Å². The monoisotopic (exact) mass is 801 g/mol. The van der Waals surface area contributed by atoms with Gasteiger partial charge in [0.2, 0.25) is 11.8 Å². The molecule has 1 aromatic carbocycles. The topological polar surface area (TPSA) is 137 Å². The number of nitrogens with one attached hydrogen (secondary N) is 2. The first kappa shape index (κ1) is 51.6. The Bertz CT molecular complexity index is 1180. The van der Waals surface area contributed by atoms with Crippen LogP contribution in [0.1, 0.15) is 199 Å². The summed E-state index contributed by atoms with van der Waals surface area (Å²) in [5.41, 5.74) is 0.880. The smallest absolute Gasteiger partial charge is 0.328 e. The number of methoxy groups -OCH3 is 2. The quantitative estimate of drug-likeness (QED) is 0.0383. The Kier molecular flexibility index (Phi) is 33.4. The third-order valence-electron chi connectivity index (χ3n) is 10.8. The molecule has 0 bridgehead atoms. The number of benzene rings is 1. The Labute approximate surface area is 346 Å². The summed E-state index contributed by atoms with van der Waals surface area (Å²) in [6.45, 7) is 2.89. The molecule has 0 heterocycles. The number of unbranched alkanes of at least 4 members (excludes halogenated alkanes) is 18. The molecule has 0 aliphatic rings. The van der Waals surface area contributed by atoms with Gasteiger partial charge in [-0.25, -0.2) is 4.79 Å². The standard InChI is InChI=1S/C47H80N2O8/c1-4-5-6-7-14-17-21-28-40(35-37-46(53)56-3)34-36-44(51)49-42(47(54)57-39-41-29-22-20-23-30-41)31-26-27-38-48-43(50)32-24-18-15-12-10-8-9-11-13-16-19-25-33-45(52)55-2/h20,22-23,29-30,40,42H,4-19,21,24-28,31-39H2,1-3H3,(H,48,50)(H,49,51)/t40?,42-/m0/s1. The zero-order valence-corrected chi connectivity index (χ0v) is 36.2. The molecule has 2 amide bonds. The van der Waals surface area contributed by atoms with Gasteiger partial charge in [-0.05, 0) is 56.4 Å². The Morgan fingerprint density at radius 2 is 1.04 bits per heavy atom. The second-order valence-corrected chi connectivity index (χ2v) is 15.8. The van der Waals surface area contributed by atoms with E-state index in [0.717, 1.165) is 56.9 Å². The minimum absolute atomic E-state index is 0.0620. The van der Waals surface area contributed by atoms with E-state index in [4.69, 9.17) is 9.47 Å². The van der Waals surface area contributed by atoms with Gasteiger partial charge in [-0.1, -0.05) is 153 Å². The number of ether oxygens (including phenoxy) is 3. The third kappa shape index (κ3) is 31.3. The maximum absolute atomic E-state index is 13.2. The first-order valence-corrected chi connectivity index (χ1v) is 22.7. The Morgan fingerprint density at radius 1 is 0.526 bits per heavy atom. The molecule has 10 nitrogen and oxygen atoms in total. The van der Waals surface area contributed by atoms with Crippen molar-refractivity contribution < 1.29 is 38.2 Å². The van der Waals surface area contributed by atoms with Crippen LogP contribution in [0.3, 0.4) is 0 Å². The normalized spacial score (nSPS) is 12.1. The van der Waals surface area contributed by atoms with E-state index in [1.807, 2.05) is 30.3 Å². The molecule has 0 fully saturated rings. The van der Waals surface area contributed by atoms with Crippen molar-refractivity contribution in [3.05, 3.63) is 35.9 Å². The molecule has 0 aliphatic heterocycles. The molecule has 0 saturated heterocycles. The summed E-state index contributed by atoms with van der Waals surface area (Å²) in [6, 6.07) is 8.72. The maximum Gasteiger partial charge on any atom is 0.328 e. The molecule has 57 heavy (non-hydrogen) atoms. The number of hydrogen-bond donors (Lipinski definition) is 2. The zero-order valence-electron chi connectivity index (χ0n) is 36.2. The van der Waals surface area contributed by atoms with Gasteiger partial charge in [-0.15, -0.1) is 0 Å². The number of esters is 3. The van der Waals surface area contributed by atoms with Crippen LogP contribution in [0.15, 0.2) is 30.3 Å². The van der Waals surface area contributed by atoms with Gasteiger partial charge >= 0.3 is 17.9 Å². The summed E-state index contributed by atoms with van der Waals surface area (Å²) >= 11 is 0. The fraction of sp³-hybridized carbons (Fsp3) is 0.766. The summed E-state index contributed by atoms with van der Waals surface area (Å²) < 4.78 is 15.2. The van der Waals surface area contributed by atoms with Crippen LogP contribution in [0.2, 0.25) is 0 Å². The fourth-order valence-electron chi connectivity index (χ4n) is 7.14. The zero-order chi connectivity index (χ0) is 41.6. The van der Waals surface area contributed by atoms with Crippen LogP contribution in [0.25, 0.3) is 0 Å². The number of rotatable bonds is 38. The van der Waals surface area contributed by atoms with E-state index in [9.17, 15) is 24.0 Å². The van der Waals surface area contributed by atoms with Gasteiger partial charge in [0.15, 0.2) is 0 Å². The van der Waals surface area contributed by atoms with Crippen molar-refractivity contribution in [1.29, 1.82) is 0 Å². The van der Waals surface area contributed by atoms with E-state index in [1.165, 1.54) is 91.3 Å². The van der Waals surface area contributed by atoms with Gasteiger partial charge in [-0.3, -0.25) is 19.2 Å². The van der Waals surface area contributed by atoms with Gasteiger partial charge < -0.3 is 24.8 Å². The van der Waals surface area contributed by atoms with E-state index in [2.05, 4.69) is 22.3 Å². The molecule has 10 heteroatoms.